The average molecular weight is 398 g/mol. The summed E-state index contributed by atoms with van der Waals surface area (Å²) in [5.41, 5.74) is 1.41. The van der Waals surface area contributed by atoms with E-state index >= 15 is 0 Å². The lowest BCUT2D eigenvalue weighted by Crippen LogP contribution is -2.27. The van der Waals surface area contributed by atoms with E-state index in [2.05, 4.69) is 74.2 Å². The van der Waals surface area contributed by atoms with Crippen molar-refractivity contribution >= 4 is 26.7 Å². The minimum absolute atomic E-state index is 0.411. The highest BCUT2D eigenvalue weighted by atomic mass is 79.9. The summed E-state index contributed by atoms with van der Waals surface area (Å²) in [5, 5.41) is 6.36. The van der Waals surface area contributed by atoms with Crippen LogP contribution in [-0.4, -0.2) is 16.1 Å². The largest absolute Gasteiger partial charge is 0.337 e. The summed E-state index contributed by atoms with van der Waals surface area (Å²) >= 11 is 3.54. The minimum atomic E-state index is 0.411. The van der Waals surface area contributed by atoms with Crippen molar-refractivity contribution in [3.8, 4) is 0 Å². The molecule has 0 bridgehead atoms. The Kier molecular flexibility index (Phi) is 4.91. The molecular formula is C21H24BrN3. The van der Waals surface area contributed by atoms with Crippen LogP contribution in [-0.2, 0) is 13.5 Å². The van der Waals surface area contributed by atoms with Crippen LogP contribution in [0.2, 0.25) is 0 Å². The standard InChI is InChI=1S/C21H24BrN3/c1-25-12-11-24-21(25)20(16-6-7-16)23-10-2-3-15-4-5-18-14-19(22)9-8-17(18)13-15/h4-5,8-9,11-14,16,20,23H,2-3,6-7,10H2,1H3. The van der Waals surface area contributed by atoms with Crippen molar-refractivity contribution in [1.29, 1.82) is 0 Å². The van der Waals surface area contributed by atoms with Gasteiger partial charge in [0.1, 0.15) is 5.82 Å². The number of aryl methyl sites for hydroxylation is 2. The molecule has 0 amide bonds. The van der Waals surface area contributed by atoms with Crippen LogP contribution < -0.4 is 5.32 Å². The molecule has 1 fully saturated rings. The molecule has 3 nitrogen and oxygen atoms in total. The van der Waals surface area contributed by atoms with Gasteiger partial charge in [-0.1, -0.05) is 40.2 Å². The minimum Gasteiger partial charge on any atom is -0.337 e. The molecule has 3 aromatic rings. The topological polar surface area (TPSA) is 29.9 Å². The maximum absolute atomic E-state index is 4.55. The van der Waals surface area contributed by atoms with E-state index in [1.54, 1.807) is 0 Å². The van der Waals surface area contributed by atoms with Crippen molar-refractivity contribution in [2.75, 3.05) is 6.54 Å². The van der Waals surface area contributed by atoms with E-state index in [0.717, 1.165) is 29.8 Å². The van der Waals surface area contributed by atoms with E-state index in [9.17, 15) is 0 Å². The van der Waals surface area contributed by atoms with Crippen molar-refractivity contribution in [2.45, 2.75) is 31.7 Å². The van der Waals surface area contributed by atoms with Gasteiger partial charge in [0, 0.05) is 23.9 Å². The fourth-order valence-corrected chi connectivity index (χ4v) is 3.93. The molecule has 0 aliphatic heterocycles. The molecule has 1 N–H and O–H groups in total. The molecule has 0 saturated heterocycles. The second kappa shape index (κ2) is 7.30. The second-order valence-corrected chi connectivity index (χ2v) is 8.01. The molecule has 25 heavy (non-hydrogen) atoms. The van der Waals surface area contributed by atoms with Crippen LogP contribution in [0.15, 0.2) is 53.3 Å². The molecule has 4 heteroatoms. The van der Waals surface area contributed by atoms with Gasteiger partial charge in [-0.15, -0.1) is 0 Å². The molecule has 1 unspecified atom stereocenters. The van der Waals surface area contributed by atoms with E-state index in [4.69, 9.17) is 0 Å². The Labute approximate surface area is 157 Å². The van der Waals surface area contributed by atoms with Crippen LogP contribution in [0.1, 0.15) is 36.7 Å². The number of nitrogens with one attached hydrogen (secondary N) is 1. The first kappa shape index (κ1) is 16.8. The summed E-state index contributed by atoms with van der Waals surface area (Å²) < 4.78 is 3.29. The van der Waals surface area contributed by atoms with Crippen molar-refractivity contribution in [3.63, 3.8) is 0 Å². The third-order valence-electron chi connectivity index (χ3n) is 5.10. The monoisotopic (exact) mass is 397 g/mol. The number of imidazole rings is 1. The van der Waals surface area contributed by atoms with Gasteiger partial charge >= 0.3 is 0 Å². The maximum atomic E-state index is 4.55. The van der Waals surface area contributed by atoms with Gasteiger partial charge in [0.2, 0.25) is 0 Å². The van der Waals surface area contributed by atoms with Gasteiger partial charge in [-0.3, -0.25) is 0 Å². The zero-order valence-corrected chi connectivity index (χ0v) is 16.2. The molecule has 1 heterocycles. The summed E-state index contributed by atoms with van der Waals surface area (Å²) in [4.78, 5) is 4.55. The Morgan fingerprint density at radius 2 is 2.00 bits per heavy atom. The zero-order chi connectivity index (χ0) is 17.2. The molecular weight excluding hydrogens is 374 g/mol. The Bertz CT molecular complexity index is 866. The molecule has 1 atom stereocenters. The van der Waals surface area contributed by atoms with Gasteiger partial charge in [0.15, 0.2) is 0 Å². The average Bonchev–Trinajstić information content (AvgIpc) is 3.36. The van der Waals surface area contributed by atoms with E-state index in [-0.39, 0.29) is 0 Å². The third kappa shape index (κ3) is 3.96. The van der Waals surface area contributed by atoms with Crippen LogP contribution >= 0.6 is 15.9 Å². The van der Waals surface area contributed by atoms with E-state index in [1.807, 2.05) is 12.4 Å². The number of hydrogen-bond donors (Lipinski definition) is 1. The van der Waals surface area contributed by atoms with Crippen molar-refractivity contribution in [2.24, 2.45) is 13.0 Å². The van der Waals surface area contributed by atoms with E-state index in [0.29, 0.717) is 6.04 Å². The first-order chi connectivity index (χ1) is 12.2. The fraction of sp³-hybridized carbons (Fsp3) is 0.381. The smallest absolute Gasteiger partial charge is 0.125 e. The van der Waals surface area contributed by atoms with Gasteiger partial charge in [0.25, 0.3) is 0 Å². The summed E-state index contributed by atoms with van der Waals surface area (Å²) in [5.74, 6) is 1.94. The molecule has 1 aliphatic rings. The number of halogens is 1. The lowest BCUT2D eigenvalue weighted by molar-refractivity contribution is 0.443. The Morgan fingerprint density at radius 1 is 1.20 bits per heavy atom. The van der Waals surface area contributed by atoms with Gasteiger partial charge < -0.3 is 9.88 Å². The molecule has 130 valence electrons. The SMILES string of the molecule is Cn1ccnc1C(NCCCc1ccc2cc(Br)ccc2c1)C1CC1. The highest BCUT2D eigenvalue weighted by Gasteiger charge is 2.33. The van der Waals surface area contributed by atoms with Crippen LogP contribution in [0.4, 0.5) is 0 Å². The molecule has 1 saturated carbocycles. The molecule has 0 spiro atoms. The quantitative estimate of drug-likeness (QED) is 0.567. The van der Waals surface area contributed by atoms with Crippen molar-refractivity contribution in [1.82, 2.24) is 14.9 Å². The lowest BCUT2D eigenvalue weighted by atomic mass is 10.0. The van der Waals surface area contributed by atoms with Gasteiger partial charge in [-0.25, -0.2) is 4.98 Å². The summed E-state index contributed by atoms with van der Waals surface area (Å²) in [7, 11) is 2.09. The Hall–Kier alpha value is -1.65. The third-order valence-corrected chi connectivity index (χ3v) is 5.60. The van der Waals surface area contributed by atoms with Crippen molar-refractivity contribution < 1.29 is 0 Å². The van der Waals surface area contributed by atoms with Crippen LogP contribution in [0.3, 0.4) is 0 Å². The second-order valence-electron chi connectivity index (χ2n) is 7.09. The molecule has 2 aromatic carbocycles. The molecule has 0 radical (unpaired) electrons. The van der Waals surface area contributed by atoms with Gasteiger partial charge in [0.05, 0.1) is 6.04 Å². The lowest BCUT2D eigenvalue weighted by Gasteiger charge is -2.18. The zero-order valence-electron chi connectivity index (χ0n) is 14.6. The molecule has 4 rings (SSSR count). The Morgan fingerprint density at radius 3 is 2.76 bits per heavy atom. The highest BCUT2D eigenvalue weighted by Crippen LogP contribution is 2.40. The number of hydrogen-bond acceptors (Lipinski definition) is 2. The van der Waals surface area contributed by atoms with Crippen molar-refractivity contribution in [3.05, 3.63) is 64.7 Å². The van der Waals surface area contributed by atoms with Crippen LogP contribution in [0.5, 0.6) is 0 Å². The predicted molar refractivity (Wildman–Crippen MR) is 107 cm³/mol. The number of benzene rings is 2. The Balaban J connectivity index is 1.34. The maximum Gasteiger partial charge on any atom is 0.125 e. The first-order valence-electron chi connectivity index (χ1n) is 9.09. The van der Waals surface area contributed by atoms with E-state index < -0.39 is 0 Å². The summed E-state index contributed by atoms with van der Waals surface area (Å²) in [6, 6.07) is 13.7. The van der Waals surface area contributed by atoms with Crippen LogP contribution in [0, 0.1) is 5.92 Å². The number of nitrogens with zero attached hydrogens (tertiary/aromatic N) is 2. The molecule has 1 aliphatic carbocycles. The summed E-state index contributed by atoms with van der Waals surface area (Å²) in [6.45, 7) is 1.03. The van der Waals surface area contributed by atoms with E-state index in [1.165, 1.54) is 35.0 Å². The highest BCUT2D eigenvalue weighted by molar-refractivity contribution is 9.10. The summed E-state index contributed by atoms with van der Waals surface area (Å²) in [6.07, 6.45) is 8.85. The predicted octanol–water partition coefficient (Wildman–Crippen LogP) is 5.01. The van der Waals surface area contributed by atoms with Crippen LogP contribution in [0.25, 0.3) is 10.8 Å². The number of aromatic nitrogens is 2. The van der Waals surface area contributed by atoms with Gasteiger partial charge in [-0.2, -0.15) is 0 Å². The normalized spacial score (nSPS) is 15.6. The molecule has 1 aromatic heterocycles. The number of fused-ring (bicyclic) bond motifs is 1. The first-order valence-corrected chi connectivity index (χ1v) is 9.89. The number of rotatable bonds is 7. The fourth-order valence-electron chi connectivity index (χ4n) is 3.55. The van der Waals surface area contributed by atoms with Gasteiger partial charge in [-0.05, 0) is 66.6 Å².